The van der Waals surface area contributed by atoms with Crippen molar-refractivity contribution in [3.63, 3.8) is 0 Å². The van der Waals surface area contributed by atoms with Crippen molar-refractivity contribution in [2.45, 2.75) is 11.5 Å². The normalized spacial score (nSPS) is 18.5. The average molecular weight is 346 g/mol. The second-order valence-electron chi connectivity index (χ2n) is 5.27. The molecule has 7 heteroatoms. The minimum Gasteiger partial charge on any atom is -0.378 e. The van der Waals surface area contributed by atoms with Gasteiger partial charge in [-0.3, -0.25) is 15.0 Å². The Balaban J connectivity index is 1.75. The summed E-state index contributed by atoms with van der Waals surface area (Å²) in [5.41, 5.74) is 3.60. The summed E-state index contributed by atoms with van der Waals surface area (Å²) in [5.74, 6) is -1.14. The van der Waals surface area contributed by atoms with Gasteiger partial charge in [-0.25, -0.2) is 9.40 Å². The van der Waals surface area contributed by atoms with Crippen molar-refractivity contribution in [2.24, 2.45) is 0 Å². The van der Waals surface area contributed by atoms with Crippen molar-refractivity contribution < 1.29 is 19.1 Å². The number of benzene rings is 2. The number of thioether (sulfide) groups is 1. The monoisotopic (exact) mass is 346 g/mol. The Morgan fingerprint density at radius 1 is 1.21 bits per heavy atom. The number of halogens is 1. The SMILES string of the molecule is O=C(NN1C(=O)CSC1c1ccc(F)cc1)C(O)c1ccccc1. The molecule has 0 spiro atoms. The highest BCUT2D eigenvalue weighted by molar-refractivity contribution is 8.00. The van der Waals surface area contributed by atoms with E-state index in [9.17, 15) is 19.1 Å². The first-order chi connectivity index (χ1) is 11.6. The highest BCUT2D eigenvalue weighted by atomic mass is 32.2. The molecule has 1 saturated heterocycles. The molecule has 5 nitrogen and oxygen atoms in total. The number of carbonyl (C=O) groups excluding carboxylic acids is 2. The molecular formula is C17H15FN2O3S. The van der Waals surface area contributed by atoms with Gasteiger partial charge in [0.25, 0.3) is 11.8 Å². The predicted molar refractivity (Wildman–Crippen MR) is 88.0 cm³/mol. The lowest BCUT2D eigenvalue weighted by Crippen LogP contribution is -2.46. The van der Waals surface area contributed by atoms with Gasteiger partial charge in [0.05, 0.1) is 5.75 Å². The largest absolute Gasteiger partial charge is 0.378 e. The molecule has 0 radical (unpaired) electrons. The number of rotatable bonds is 4. The molecule has 1 aliphatic heterocycles. The molecule has 2 unspecified atom stereocenters. The molecular weight excluding hydrogens is 331 g/mol. The van der Waals surface area contributed by atoms with Gasteiger partial charge >= 0.3 is 0 Å². The van der Waals surface area contributed by atoms with Crippen LogP contribution < -0.4 is 5.43 Å². The Morgan fingerprint density at radius 3 is 2.54 bits per heavy atom. The predicted octanol–water partition coefficient (Wildman–Crippen LogP) is 2.16. The number of aliphatic hydroxyl groups excluding tert-OH is 1. The van der Waals surface area contributed by atoms with E-state index in [0.29, 0.717) is 11.1 Å². The molecule has 0 aromatic heterocycles. The van der Waals surface area contributed by atoms with Crippen molar-refractivity contribution in [3.8, 4) is 0 Å². The fourth-order valence-electron chi connectivity index (χ4n) is 2.39. The third-order valence-corrected chi connectivity index (χ3v) is 4.83. The van der Waals surface area contributed by atoms with Crippen LogP contribution in [-0.4, -0.2) is 27.7 Å². The zero-order valence-electron chi connectivity index (χ0n) is 12.6. The maximum Gasteiger partial charge on any atom is 0.272 e. The van der Waals surface area contributed by atoms with E-state index >= 15 is 0 Å². The molecule has 24 heavy (non-hydrogen) atoms. The summed E-state index contributed by atoms with van der Waals surface area (Å²) in [4.78, 5) is 24.3. The summed E-state index contributed by atoms with van der Waals surface area (Å²) in [5, 5.41) is 10.9. The molecule has 0 bridgehead atoms. The molecule has 2 N–H and O–H groups in total. The van der Waals surface area contributed by atoms with Gasteiger partial charge in [-0.2, -0.15) is 0 Å². The fourth-order valence-corrected chi connectivity index (χ4v) is 3.49. The van der Waals surface area contributed by atoms with Crippen LogP contribution in [0.5, 0.6) is 0 Å². The minimum absolute atomic E-state index is 0.198. The molecule has 124 valence electrons. The van der Waals surface area contributed by atoms with E-state index in [-0.39, 0.29) is 17.5 Å². The Morgan fingerprint density at radius 2 is 1.88 bits per heavy atom. The summed E-state index contributed by atoms with van der Waals surface area (Å²) in [6, 6.07) is 14.2. The van der Waals surface area contributed by atoms with E-state index in [1.165, 1.54) is 28.9 Å². The number of amides is 2. The summed E-state index contributed by atoms with van der Waals surface area (Å²) < 4.78 is 13.1. The quantitative estimate of drug-likeness (QED) is 0.890. The number of carbonyl (C=O) groups is 2. The number of nitrogens with one attached hydrogen (secondary N) is 1. The molecule has 2 atom stereocenters. The Bertz CT molecular complexity index is 739. The molecule has 2 aromatic rings. The first-order valence-corrected chi connectivity index (χ1v) is 8.34. The van der Waals surface area contributed by atoms with Gasteiger partial charge in [0.2, 0.25) is 0 Å². The lowest BCUT2D eigenvalue weighted by Gasteiger charge is -2.25. The van der Waals surface area contributed by atoms with Crippen LogP contribution in [0.4, 0.5) is 4.39 Å². The van der Waals surface area contributed by atoms with Gasteiger partial charge in [0.15, 0.2) is 6.10 Å². The van der Waals surface area contributed by atoms with E-state index in [0.717, 1.165) is 0 Å². The van der Waals surface area contributed by atoms with Crippen LogP contribution in [0, 0.1) is 5.82 Å². The Kier molecular flexibility index (Phi) is 4.82. The van der Waals surface area contributed by atoms with Crippen LogP contribution in [-0.2, 0) is 9.59 Å². The summed E-state index contributed by atoms with van der Waals surface area (Å²) >= 11 is 1.32. The van der Waals surface area contributed by atoms with Crippen molar-refractivity contribution in [1.82, 2.24) is 10.4 Å². The average Bonchev–Trinajstić information content (AvgIpc) is 2.96. The molecule has 0 aliphatic carbocycles. The molecule has 1 heterocycles. The third kappa shape index (κ3) is 3.42. The van der Waals surface area contributed by atoms with Crippen LogP contribution in [0.25, 0.3) is 0 Å². The Labute approximate surface area is 142 Å². The molecule has 3 rings (SSSR count). The van der Waals surface area contributed by atoms with Gasteiger partial charge in [-0.1, -0.05) is 42.5 Å². The van der Waals surface area contributed by atoms with Gasteiger partial charge < -0.3 is 5.11 Å². The number of hydrogen-bond donors (Lipinski definition) is 2. The third-order valence-electron chi connectivity index (χ3n) is 3.62. The lowest BCUT2D eigenvalue weighted by molar-refractivity contribution is -0.144. The van der Waals surface area contributed by atoms with Crippen LogP contribution in [0.15, 0.2) is 54.6 Å². The van der Waals surface area contributed by atoms with Gasteiger partial charge in [0.1, 0.15) is 11.2 Å². The standard InChI is InChI=1S/C17H15FN2O3S/c18-13-8-6-12(7-9-13)17-20(14(21)10-24-17)19-16(23)15(22)11-4-2-1-3-5-11/h1-9,15,17,22H,10H2,(H,19,23). The van der Waals surface area contributed by atoms with Gasteiger partial charge in [-0.15, -0.1) is 11.8 Å². The van der Waals surface area contributed by atoms with E-state index < -0.39 is 17.4 Å². The van der Waals surface area contributed by atoms with Crippen LogP contribution >= 0.6 is 11.8 Å². The first-order valence-electron chi connectivity index (χ1n) is 7.29. The highest BCUT2D eigenvalue weighted by Crippen LogP contribution is 2.37. The molecule has 1 fully saturated rings. The van der Waals surface area contributed by atoms with Crippen LogP contribution in [0.3, 0.4) is 0 Å². The molecule has 0 saturated carbocycles. The number of hydrazine groups is 1. The summed E-state index contributed by atoms with van der Waals surface area (Å²) in [7, 11) is 0. The topological polar surface area (TPSA) is 69.6 Å². The van der Waals surface area contributed by atoms with E-state index in [2.05, 4.69) is 5.43 Å². The fraction of sp³-hybridized carbons (Fsp3) is 0.176. The van der Waals surface area contributed by atoms with Crippen LogP contribution in [0.1, 0.15) is 22.6 Å². The maximum absolute atomic E-state index is 13.1. The molecule has 2 aromatic carbocycles. The van der Waals surface area contributed by atoms with Crippen molar-refractivity contribution in [3.05, 3.63) is 71.5 Å². The van der Waals surface area contributed by atoms with E-state index in [1.54, 1.807) is 42.5 Å². The van der Waals surface area contributed by atoms with Crippen molar-refractivity contribution in [2.75, 3.05) is 5.75 Å². The van der Waals surface area contributed by atoms with Gasteiger partial charge in [-0.05, 0) is 23.3 Å². The Hall–Kier alpha value is -2.38. The highest BCUT2D eigenvalue weighted by Gasteiger charge is 2.35. The number of aliphatic hydroxyl groups is 1. The zero-order chi connectivity index (χ0) is 17.1. The zero-order valence-corrected chi connectivity index (χ0v) is 13.4. The molecule has 1 aliphatic rings. The second kappa shape index (κ2) is 7.02. The number of hydrogen-bond acceptors (Lipinski definition) is 4. The molecule has 2 amide bonds. The van der Waals surface area contributed by atoms with Gasteiger partial charge in [0, 0.05) is 0 Å². The van der Waals surface area contributed by atoms with E-state index in [1.807, 2.05) is 0 Å². The smallest absolute Gasteiger partial charge is 0.272 e. The summed E-state index contributed by atoms with van der Waals surface area (Å²) in [6.45, 7) is 0. The minimum atomic E-state index is -1.38. The lowest BCUT2D eigenvalue weighted by atomic mass is 10.1. The summed E-state index contributed by atoms with van der Waals surface area (Å²) in [6.07, 6.45) is -1.38. The first kappa shape index (κ1) is 16.5. The maximum atomic E-state index is 13.1. The van der Waals surface area contributed by atoms with Crippen molar-refractivity contribution >= 4 is 23.6 Å². The van der Waals surface area contributed by atoms with Crippen LogP contribution in [0.2, 0.25) is 0 Å². The second-order valence-corrected chi connectivity index (χ2v) is 6.34. The number of nitrogens with zero attached hydrogens (tertiary/aromatic N) is 1. The van der Waals surface area contributed by atoms with E-state index in [4.69, 9.17) is 0 Å². The van der Waals surface area contributed by atoms with Crippen molar-refractivity contribution in [1.29, 1.82) is 0 Å².